The van der Waals surface area contributed by atoms with E-state index in [1.807, 2.05) is 19.1 Å². The molecule has 0 N–H and O–H groups in total. The average Bonchev–Trinajstić information content (AvgIpc) is 2.76. The van der Waals surface area contributed by atoms with Crippen molar-refractivity contribution in [3.05, 3.63) is 29.8 Å². The van der Waals surface area contributed by atoms with Gasteiger partial charge in [0.1, 0.15) is 0 Å². The lowest BCUT2D eigenvalue weighted by atomic mass is 10.2. The molecule has 0 spiro atoms. The highest BCUT2D eigenvalue weighted by Crippen LogP contribution is 2.22. The first-order valence-electron chi connectivity index (χ1n) is 6.53. The van der Waals surface area contributed by atoms with Crippen LogP contribution in [0.5, 0.6) is 0 Å². The quantitative estimate of drug-likeness (QED) is 0.838. The van der Waals surface area contributed by atoms with Gasteiger partial charge in [-0.3, -0.25) is 0 Å². The zero-order chi connectivity index (χ0) is 13.2. The Bertz CT molecular complexity index is 510. The summed E-state index contributed by atoms with van der Waals surface area (Å²) in [6.45, 7) is 7.01. The smallest absolute Gasteiger partial charge is 0.178 e. The molecule has 1 saturated heterocycles. The van der Waals surface area contributed by atoms with Gasteiger partial charge in [0.05, 0.1) is 10.6 Å². The topological polar surface area (TPSA) is 37.4 Å². The summed E-state index contributed by atoms with van der Waals surface area (Å²) in [7, 11) is -3.12. The van der Waals surface area contributed by atoms with E-state index in [9.17, 15) is 8.42 Å². The molecule has 0 radical (unpaired) electrons. The molecule has 1 aromatic rings. The molecule has 1 aromatic carbocycles. The molecule has 2 rings (SSSR count). The van der Waals surface area contributed by atoms with Crippen molar-refractivity contribution in [2.75, 3.05) is 25.4 Å². The highest BCUT2D eigenvalue weighted by atomic mass is 32.2. The number of rotatable bonds is 4. The van der Waals surface area contributed by atoms with Crippen molar-refractivity contribution < 1.29 is 8.42 Å². The van der Waals surface area contributed by atoms with Crippen LogP contribution in [0.1, 0.15) is 18.9 Å². The van der Waals surface area contributed by atoms with E-state index in [1.165, 1.54) is 0 Å². The molecule has 1 aliphatic heterocycles. The predicted molar refractivity (Wildman–Crippen MR) is 73.5 cm³/mol. The first kappa shape index (κ1) is 13.6. The second kappa shape index (κ2) is 5.41. The Morgan fingerprint density at radius 1 is 1.39 bits per heavy atom. The van der Waals surface area contributed by atoms with Crippen LogP contribution in [-0.2, 0) is 9.84 Å². The molecule has 1 aliphatic rings. The molecule has 0 saturated carbocycles. The monoisotopic (exact) mass is 267 g/mol. The standard InChI is InChI=1S/C14H21NO2S/c1-3-15-8-7-13(10-15)11-18(16,17)14-6-4-5-12(2)9-14/h4-6,9,13H,3,7-8,10-11H2,1-2H3. The Balaban J connectivity index is 2.09. The van der Waals surface area contributed by atoms with Gasteiger partial charge in [-0.1, -0.05) is 19.1 Å². The SMILES string of the molecule is CCN1CCC(CS(=O)(=O)c2cccc(C)c2)C1. The zero-order valence-electron chi connectivity index (χ0n) is 11.1. The maximum absolute atomic E-state index is 12.3. The molecule has 0 amide bonds. The Labute approximate surface area is 110 Å². The molecule has 18 heavy (non-hydrogen) atoms. The first-order chi connectivity index (χ1) is 8.51. The highest BCUT2D eigenvalue weighted by Gasteiger charge is 2.27. The van der Waals surface area contributed by atoms with Crippen LogP contribution in [0.4, 0.5) is 0 Å². The number of hydrogen-bond acceptors (Lipinski definition) is 3. The Hall–Kier alpha value is -0.870. The van der Waals surface area contributed by atoms with E-state index in [0.717, 1.165) is 31.6 Å². The number of aryl methyl sites for hydroxylation is 1. The molecule has 1 atom stereocenters. The van der Waals surface area contributed by atoms with Crippen molar-refractivity contribution in [3.63, 3.8) is 0 Å². The maximum atomic E-state index is 12.3. The normalized spacial score (nSPS) is 21.3. The molecule has 3 nitrogen and oxygen atoms in total. The number of nitrogens with zero attached hydrogens (tertiary/aromatic N) is 1. The minimum Gasteiger partial charge on any atom is -0.303 e. The Morgan fingerprint density at radius 2 is 2.17 bits per heavy atom. The van der Waals surface area contributed by atoms with Crippen LogP contribution in [0.2, 0.25) is 0 Å². The van der Waals surface area contributed by atoms with Crippen molar-refractivity contribution in [1.82, 2.24) is 4.90 Å². The van der Waals surface area contributed by atoms with Crippen molar-refractivity contribution in [3.8, 4) is 0 Å². The lowest BCUT2D eigenvalue weighted by Gasteiger charge is -2.13. The van der Waals surface area contributed by atoms with Gasteiger partial charge in [0, 0.05) is 6.54 Å². The van der Waals surface area contributed by atoms with Gasteiger partial charge < -0.3 is 4.90 Å². The van der Waals surface area contributed by atoms with Gasteiger partial charge in [0.25, 0.3) is 0 Å². The predicted octanol–water partition coefficient (Wildman–Crippen LogP) is 2.11. The second-order valence-corrected chi connectivity index (χ2v) is 7.18. The first-order valence-corrected chi connectivity index (χ1v) is 8.18. The molecular weight excluding hydrogens is 246 g/mol. The van der Waals surface area contributed by atoms with E-state index in [-0.39, 0.29) is 11.7 Å². The van der Waals surface area contributed by atoms with Crippen LogP contribution >= 0.6 is 0 Å². The van der Waals surface area contributed by atoms with Crippen LogP contribution in [0.3, 0.4) is 0 Å². The van der Waals surface area contributed by atoms with Gasteiger partial charge in [-0.15, -0.1) is 0 Å². The fraction of sp³-hybridized carbons (Fsp3) is 0.571. The third-order valence-electron chi connectivity index (χ3n) is 3.62. The Morgan fingerprint density at radius 3 is 2.78 bits per heavy atom. The van der Waals surface area contributed by atoms with Crippen LogP contribution in [0.15, 0.2) is 29.2 Å². The maximum Gasteiger partial charge on any atom is 0.178 e. The molecule has 100 valence electrons. The van der Waals surface area contributed by atoms with E-state index in [4.69, 9.17) is 0 Å². The minimum absolute atomic E-state index is 0.285. The zero-order valence-corrected chi connectivity index (χ0v) is 11.9. The van der Waals surface area contributed by atoms with E-state index in [1.54, 1.807) is 12.1 Å². The molecule has 1 heterocycles. The lowest BCUT2D eigenvalue weighted by molar-refractivity contribution is 0.346. The van der Waals surface area contributed by atoms with Crippen molar-refractivity contribution in [1.29, 1.82) is 0 Å². The summed E-state index contributed by atoms with van der Waals surface area (Å²) in [6, 6.07) is 7.21. The molecule has 0 aliphatic carbocycles. The summed E-state index contributed by atoms with van der Waals surface area (Å²) in [5.74, 6) is 0.572. The average molecular weight is 267 g/mol. The minimum atomic E-state index is -3.12. The van der Waals surface area contributed by atoms with E-state index >= 15 is 0 Å². The van der Waals surface area contributed by atoms with E-state index < -0.39 is 9.84 Å². The summed E-state index contributed by atoms with van der Waals surface area (Å²) in [5.41, 5.74) is 0.998. The molecular formula is C14H21NO2S. The molecule has 4 heteroatoms. The van der Waals surface area contributed by atoms with Gasteiger partial charge in [-0.2, -0.15) is 0 Å². The number of benzene rings is 1. The van der Waals surface area contributed by atoms with Crippen LogP contribution in [0.25, 0.3) is 0 Å². The van der Waals surface area contributed by atoms with Gasteiger partial charge in [-0.05, 0) is 50.0 Å². The molecule has 1 unspecified atom stereocenters. The van der Waals surface area contributed by atoms with Gasteiger partial charge >= 0.3 is 0 Å². The third-order valence-corrected chi connectivity index (χ3v) is 5.50. The van der Waals surface area contributed by atoms with E-state index in [0.29, 0.717) is 4.90 Å². The van der Waals surface area contributed by atoms with Crippen LogP contribution in [0, 0.1) is 12.8 Å². The van der Waals surface area contributed by atoms with E-state index in [2.05, 4.69) is 11.8 Å². The molecule has 0 bridgehead atoms. The number of sulfone groups is 1. The Kier molecular flexibility index (Phi) is 4.07. The summed E-state index contributed by atoms with van der Waals surface area (Å²) >= 11 is 0. The van der Waals surface area contributed by atoms with Gasteiger partial charge in [0.2, 0.25) is 0 Å². The highest BCUT2D eigenvalue weighted by molar-refractivity contribution is 7.91. The lowest BCUT2D eigenvalue weighted by Crippen LogP contribution is -2.23. The summed E-state index contributed by atoms with van der Waals surface area (Å²) < 4.78 is 24.6. The summed E-state index contributed by atoms with van der Waals surface area (Å²) in [4.78, 5) is 2.79. The summed E-state index contributed by atoms with van der Waals surface area (Å²) in [6.07, 6.45) is 0.999. The fourth-order valence-electron chi connectivity index (χ4n) is 2.55. The van der Waals surface area contributed by atoms with Crippen molar-refractivity contribution >= 4 is 9.84 Å². The number of likely N-dealkylation sites (tertiary alicyclic amines) is 1. The largest absolute Gasteiger partial charge is 0.303 e. The molecule has 1 fully saturated rings. The van der Waals surface area contributed by atoms with Crippen LogP contribution < -0.4 is 0 Å². The van der Waals surface area contributed by atoms with Crippen molar-refractivity contribution in [2.24, 2.45) is 5.92 Å². The number of hydrogen-bond donors (Lipinski definition) is 0. The fourth-order valence-corrected chi connectivity index (χ4v) is 4.29. The third kappa shape index (κ3) is 3.12. The van der Waals surface area contributed by atoms with Gasteiger partial charge in [-0.25, -0.2) is 8.42 Å². The second-order valence-electron chi connectivity index (χ2n) is 5.15. The van der Waals surface area contributed by atoms with Crippen molar-refractivity contribution in [2.45, 2.75) is 25.2 Å². The van der Waals surface area contributed by atoms with Gasteiger partial charge in [0.15, 0.2) is 9.84 Å². The summed E-state index contributed by atoms with van der Waals surface area (Å²) in [5, 5.41) is 0. The molecule has 0 aromatic heterocycles. The van der Waals surface area contributed by atoms with Crippen LogP contribution in [-0.4, -0.2) is 38.7 Å².